The number of carboxylic acid groups (broad SMARTS) is 1. The van der Waals surface area contributed by atoms with E-state index >= 15 is 0 Å². The summed E-state index contributed by atoms with van der Waals surface area (Å²) in [4.78, 5) is 24.7. The third-order valence-corrected chi connectivity index (χ3v) is 1.76. The van der Waals surface area contributed by atoms with Crippen LogP contribution in [-0.4, -0.2) is 22.0 Å². The van der Waals surface area contributed by atoms with E-state index in [1.54, 1.807) is 0 Å². The second-order valence-electron chi connectivity index (χ2n) is 2.49. The van der Waals surface area contributed by atoms with Crippen LogP contribution >= 0.6 is 23.2 Å². The van der Waals surface area contributed by atoms with Gasteiger partial charge in [0.2, 0.25) is 5.88 Å². The van der Waals surface area contributed by atoms with E-state index in [1.807, 2.05) is 0 Å². The van der Waals surface area contributed by atoms with Crippen molar-refractivity contribution in [2.24, 2.45) is 0 Å². The second-order valence-corrected chi connectivity index (χ2v) is 3.33. The summed E-state index contributed by atoms with van der Waals surface area (Å²) < 4.78 is 4.59. The zero-order valence-corrected chi connectivity index (χ0v) is 8.75. The Bertz CT molecular complexity index is 408. The van der Waals surface area contributed by atoms with Crippen LogP contribution in [0, 0.1) is 0 Å². The number of aliphatic carboxylic acids is 1. The van der Waals surface area contributed by atoms with Crippen molar-refractivity contribution in [1.82, 2.24) is 4.98 Å². The highest BCUT2D eigenvalue weighted by molar-refractivity contribution is 6.35. The van der Waals surface area contributed by atoms with Gasteiger partial charge in [0.15, 0.2) is 0 Å². The molecule has 0 amide bonds. The molecule has 15 heavy (non-hydrogen) atoms. The highest BCUT2D eigenvalue weighted by atomic mass is 35.5. The Hall–Kier alpha value is -1.33. The van der Waals surface area contributed by atoms with Crippen LogP contribution in [0.15, 0.2) is 12.3 Å². The number of carbonyl (C=O) groups is 2. The van der Waals surface area contributed by atoms with Crippen molar-refractivity contribution in [3.05, 3.63) is 22.3 Å². The zero-order chi connectivity index (χ0) is 11.4. The number of halogens is 2. The Balaban J connectivity index is 2.72. The molecule has 0 spiro atoms. The maximum Gasteiger partial charge on any atom is 0.323 e. The minimum Gasteiger partial charge on any atom is -0.481 e. The van der Waals surface area contributed by atoms with Gasteiger partial charge >= 0.3 is 11.9 Å². The fourth-order valence-electron chi connectivity index (χ4n) is 0.745. The van der Waals surface area contributed by atoms with Crippen LogP contribution in [0.1, 0.15) is 6.42 Å². The van der Waals surface area contributed by atoms with Crippen LogP contribution in [0.3, 0.4) is 0 Å². The second kappa shape index (κ2) is 4.95. The van der Waals surface area contributed by atoms with Crippen LogP contribution in [0.5, 0.6) is 5.88 Å². The fourth-order valence-corrected chi connectivity index (χ4v) is 1.16. The van der Waals surface area contributed by atoms with Gasteiger partial charge in [0.25, 0.3) is 0 Å². The highest BCUT2D eigenvalue weighted by Crippen LogP contribution is 2.24. The molecule has 0 aliphatic carbocycles. The lowest BCUT2D eigenvalue weighted by Crippen LogP contribution is -2.14. The zero-order valence-electron chi connectivity index (χ0n) is 7.24. The van der Waals surface area contributed by atoms with Gasteiger partial charge in [-0.15, -0.1) is 0 Å². The Morgan fingerprint density at radius 3 is 2.67 bits per heavy atom. The van der Waals surface area contributed by atoms with Gasteiger partial charge in [0.05, 0.1) is 5.02 Å². The topological polar surface area (TPSA) is 76.5 Å². The number of esters is 1. The van der Waals surface area contributed by atoms with Crippen LogP contribution in [-0.2, 0) is 9.59 Å². The number of ether oxygens (including phenoxy) is 1. The lowest BCUT2D eigenvalue weighted by atomic mass is 10.4. The first-order valence-electron chi connectivity index (χ1n) is 3.72. The van der Waals surface area contributed by atoms with E-state index < -0.39 is 18.4 Å². The van der Waals surface area contributed by atoms with Gasteiger partial charge < -0.3 is 9.84 Å². The molecular formula is C8H5Cl2NO4. The number of carboxylic acids is 1. The van der Waals surface area contributed by atoms with Gasteiger partial charge in [-0.1, -0.05) is 23.2 Å². The normalized spacial score (nSPS) is 9.73. The molecule has 0 bridgehead atoms. The van der Waals surface area contributed by atoms with Crippen LogP contribution in [0.2, 0.25) is 10.0 Å². The summed E-state index contributed by atoms with van der Waals surface area (Å²) in [6, 6.07) is 1.33. The molecule has 0 aliphatic heterocycles. The molecule has 1 N–H and O–H groups in total. The Morgan fingerprint density at radius 1 is 1.47 bits per heavy atom. The van der Waals surface area contributed by atoms with Crippen molar-refractivity contribution in [3.63, 3.8) is 0 Å². The van der Waals surface area contributed by atoms with Crippen LogP contribution in [0.4, 0.5) is 0 Å². The van der Waals surface area contributed by atoms with Crippen LogP contribution < -0.4 is 4.74 Å². The van der Waals surface area contributed by atoms with Crippen molar-refractivity contribution < 1.29 is 19.4 Å². The van der Waals surface area contributed by atoms with Gasteiger partial charge in [-0.25, -0.2) is 4.98 Å². The lowest BCUT2D eigenvalue weighted by molar-refractivity contribution is -0.145. The highest BCUT2D eigenvalue weighted by Gasteiger charge is 2.13. The predicted molar refractivity (Wildman–Crippen MR) is 52.1 cm³/mol. The van der Waals surface area contributed by atoms with E-state index in [0.717, 1.165) is 0 Å². The molecule has 0 unspecified atom stereocenters. The summed E-state index contributed by atoms with van der Waals surface area (Å²) in [6.45, 7) is 0. The smallest absolute Gasteiger partial charge is 0.323 e. The number of hydrogen-bond acceptors (Lipinski definition) is 4. The average molecular weight is 250 g/mol. The third-order valence-electron chi connectivity index (χ3n) is 1.28. The molecule has 80 valence electrons. The summed E-state index contributed by atoms with van der Waals surface area (Å²) in [5.74, 6) is -2.39. The van der Waals surface area contributed by atoms with E-state index in [-0.39, 0.29) is 15.9 Å². The van der Waals surface area contributed by atoms with Gasteiger partial charge in [-0.2, -0.15) is 0 Å². The van der Waals surface area contributed by atoms with E-state index in [0.29, 0.717) is 0 Å². The molecule has 1 aromatic rings. The Kier molecular flexibility index (Phi) is 3.88. The maximum atomic E-state index is 10.9. The molecule has 0 saturated heterocycles. The maximum absolute atomic E-state index is 10.9. The first-order chi connectivity index (χ1) is 6.99. The molecule has 1 heterocycles. The minimum absolute atomic E-state index is 0.0428. The van der Waals surface area contributed by atoms with Crippen molar-refractivity contribution in [1.29, 1.82) is 0 Å². The number of rotatable bonds is 3. The molecular weight excluding hydrogens is 245 g/mol. The predicted octanol–water partition coefficient (Wildman–Crippen LogP) is 1.77. The third kappa shape index (κ3) is 3.73. The fraction of sp³-hybridized carbons (Fsp3) is 0.125. The molecule has 0 aliphatic rings. The SMILES string of the molecule is O=C(O)CC(=O)Oc1ncc(Cl)cc1Cl. The first-order valence-corrected chi connectivity index (χ1v) is 4.48. The molecule has 0 saturated carbocycles. The van der Waals surface area contributed by atoms with Crippen molar-refractivity contribution in [2.75, 3.05) is 0 Å². The number of pyridine rings is 1. The van der Waals surface area contributed by atoms with E-state index in [2.05, 4.69) is 9.72 Å². The molecule has 0 aromatic carbocycles. The van der Waals surface area contributed by atoms with Crippen molar-refractivity contribution in [2.45, 2.75) is 6.42 Å². The molecule has 1 aromatic heterocycles. The summed E-state index contributed by atoms with van der Waals surface area (Å²) >= 11 is 11.2. The Morgan fingerprint density at radius 2 is 2.13 bits per heavy atom. The number of nitrogens with zero attached hydrogens (tertiary/aromatic N) is 1. The number of hydrogen-bond donors (Lipinski definition) is 1. The molecule has 1 rings (SSSR count). The molecule has 7 heteroatoms. The van der Waals surface area contributed by atoms with Gasteiger partial charge in [-0.05, 0) is 6.07 Å². The summed E-state index contributed by atoms with van der Waals surface area (Å²) in [5, 5.41) is 8.63. The minimum atomic E-state index is -1.29. The summed E-state index contributed by atoms with van der Waals surface area (Å²) in [7, 11) is 0. The number of aromatic nitrogens is 1. The van der Waals surface area contributed by atoms with Crippen molar-refractivity contribution >= 4 is 35.1 Å². The van der Waals surface area contributed by atoms with Gasteiger partial charge in [0, 0.05) is 6.20 Å². The monoisotopic (exact) mass is 249 g/mol. The van der Waals surface area contributed by atoms with Crippen molar-refractivity contribution in [3.8, 4) is 5.88 Å². The van der Waals surface area contributed by atoms with E-state index in [4.69, 9.17) is 28.3 Å². The standard InChI is InChI=1S/C8H5Cl2NO4/c9-4-1-5(10)8(11-3-4)15-7(14)2-6(12)13/h1,3H,2H2,(H,12,13). The van der Waals surface area contributed by atoms with Gasteiger partial charge in [-0.3, -0.25) is 9.59 Å². The quantitative estimate of drug-likeness (QED) is 0.653. The van der Waals surface area contributed by atoms with E-state index in [1.165, 1.54) is 12.3 Å². The molecule has 0 radical (unpaired) electrons. The van der Waals surface area contributed by atoms with E-state index in [9.17, 15) is 9.59 Å². The lowest BCUT2D eigenvalue weighted by Gasteiger charge is -2.03. The summed E-state index contributed by atoms with van der Waals surface area (Å²) in [5.41, 5.74) is 0. The summed E-state index contributed by atoms with van der Waals surface area (Å²) in [6.07, 6.45) is 0.484. The first kappa shape index (κ1) is 11.7. The average Bonchev–Trinajstić information content (AvgIpc) is 2.08. The van der Waals surface area contributed by atoms with Crippen LogP contribution in [0.25, 0.3) is 0 Å². The van der Waals surface area contributed by atoms with Gasteiger partial charge in [0.1, 0.15) is 11.4 Å². The number of carbonyl (C=O) groups excluding carboxylic acids is 1. The molecule has 0 fully saturated rings. The largest absolute Gasteiger partial charge is 0.481 e. The Labute approximate surface area is 94.6 Å². The molecule has 0 atom stereocenters. The molecule has 5 nitrogen and oxygen atoms in total.